The zero-order valence-electron chi connectivity index (χ0n) is 27.3. The molecule has 10 nitrogen and oxygen atoms in total. The van der Waals surface area contributed by atoms with Crippen LogP contribution in [0.1, 0.15) is 38.9 Å². The molecule has 3 heterocycles. The molecule has 3 aromatic carbocycles. The maximum absolute atomic E-state index is 10.4. The summed E-state index contributed by atoms with van der Waals surface area (Å²) in [6.07, 6.45) is 2.69. The summed E-state index contributed by atoms with van der Waals surface area (Å²) in [5.74, 6) is 0. The van der Waals surface area contributed by atoms with Gasteiger partial charge in [0.1, 0.15) is 0 Å². The van der Waals surface area contributed by atoms with Gasteiger partial charge in [-0.1, -0.05) is 0 Å². The first-order valence-corrected chi connectivity index (χ1v) is 13.9. The number of benzene rings is 3. The van der Waals surface area contributed by atoms with Crippen molar-refractivity contribution in [1.29, 1.82) is 31.6 Å². The minimum atomic E-state index is -0.600. The van der Waals surface area contributed by atoms with Crippen LogP contribution in [0, 0.1) is 81.1 Å². The average molecular weight is 619 g/mol. The first kappa shape index (κ1) is 24.5. The van der Waals surface area contributed by atoms with Gasteiger partial charge in [0.15, 0.2) is 11.4 Å². The molecular formula is C36H10N10S. The summed E-state index contributed by atoms with van der Waals surface area (Å²) in [6.45, 7) is 15.4. The standard InChI is InChI=1S/C36H10N10S/c1-43-30-7-19(11-37)5-21(13-39)32(30)28(15-41)23-9-26-27-10-24(18-46-35(27)36-25(3-4-47-36)34(26)45-17-23)29(16-42)33-22(14-40)6-20(12-38)8-31(33)44-2/h3-10,17-18H/b28-23-,29-24-/i5D,6D,7D,8D. The van der Waals surface area contributed by atoms with Crippen LogP contribution in [-0.4, -0.2) is 9.97 Å². The Morgan fingerprint density at radius 3 is 1.62 bits per heavy atom. The van der Waals surface area contributed by atoms with E-state index in [1.54, 1.807) is 36.4 Å². The number of thiophene rings is 1. The Labute approximate surface area is 275 Å². The maximum atomic E-state index is 10.4. The molecule has 0 fully saturated rings. The number of fused-ring (bicyclic) bond motifs is 6. The van der Waals surface area contributed by atoms with Gasteiger partial charge in [0.2, 0.25) is 0 Å². The molecule has 210 valence electrons. The monoisotopic (exact) mass is 618 g/mol. The summed E-state index contributed by atoms with van der Waals surface area (Å²) in [6, 6.07) is 13.4. The lowest BCUT2D eigenvalue weighted by Gasteiger charge is -2.10. The molecule has 0 aliphatic heterocycles. The number of pyridine rings is 2. The lowest BCUT2D eigenvalue weighted by atomic mass is 9.94. The molecule has 3 aromatic heterocycles. The number of hydrogen-bond acceptors (Lipinski definition) is 9. The third kappa shape index (κ3) is 4.58. The van der Waals surface area contributed by atoms with Gasteiger partial charge in [0, 0.05) is 61.2 Å². The van der Waals surface area contributed by atoms with Gasteiger partial charge < -0.3 is 0 Å². The van der Waals surface area contributed by atoms with Crippen LogP contribution in [0.3, 0.4) is 0 Å². The van der Waals surface area contributed by atoms with E-state index in [1.165, 1.54) is 23.7 Å². The lowest BCUT2D eigenvalue weighted by Crippen LogP contribution is -2.11. The summed E-state index contributed by atoms with van der Waals surface area (Å²) in [5, 5.41) is 63.3. The second kappa shape index (κ2) is 11.6. The number of nitriles is 6. The summed E-state index contributed by atoms with van der Waals surface area (Å²) in [7, 11) is 0. The Bertz CT molecular complexity index is 2840. The van der Waals surface area contributed by atoms with Crippen LogP contribution in [0.5, 0.6) is 0 Å². The maximum Gasteiger partial charge on any atom is 0.198 e. The van der Waals surface area contributed by atoms with Crippen LogP contribution in [0.2, 0.25) is 0 Å². The van der Waals surface area contributed by atoms with Crippen molar-refractivity contribution in [3.8, 4) is 36.4 Å². The fourth-order valence-electron chi connectivity index (χ4n) is 5.19. The van der Waals surface area contributed by atoms with Crippen LogP contribution in [0.25, 0.3) is 52.7 Å². The minimum Gasteiger partial charge on any atom is -0.255 e. The van der Waals surface area contributed by atoms with Crippen LogP contribution in [-0.2, 0) is 0 Å². The van der Waals surface area contributed by atoms with Gasteiger partial charge in [-0.25, -0.2) is 9.69 Å². The Balaban J connectivity index is 1.83. The Kier molecular flexibility index (Phi) is 6.08. The molecule has 0 amide bonds. The molecule has 0 spiro atoms. The number of rotatable bonds is 2. The van der Waals surface area contributed by atoms with Gasteiger partial charge in [0.05, 0.1) is 93.0 Å². The van der Waals surface area contributed by atoms with Gasteiger partial charge in [-0.05, 0) is 47.7 Å². The molecule has 0 aliphatic rings. The third-order valence-electron chi connectivity index (χ3n) is 7.13. The first-order chi connectivity index (χ1) is 24.6. The molecule has 0 aliphatic carbocycles. The van der Waals surface area contributed by atoms with Gasteiger partial charge >= 0.3 is 0 Å². The molecule has 0 saturated heterocycles. The smallest absolute Gasteiger partial charge is 0.198 e. The third-order valence-corrected chi connectivity index (χ3v) is 8.05. The van der Waals surface area contributed by atoms with Crippen LogP contribution < -0.4 is 10.4 Å². The summed E-state index contributed by atoms with van der Waals surface area (Å²) < 4.78 is 34.3. The summed E-state index contributed by atoms with van der Waals surface area (Å²) >= 11 is 1.36. The second-order valence-corrected chi connectivity index (χ2v) is 10.4. The van der Waals surface area contributed by atoms with E-state index in [0.717, 1.165) is 4.70 Å². The predicted octanol–water partition coefficient (Wildman–Crippen LogP) is 6.03. The van der Waals surface area contributed by atoms with Crippen molar-refractivity contribution in [3.05, 3.63) is 127 Å². The van der Waals surface area contributed by atoms with E-state index < -0.39 is 57.8 Å². The lowest BCUT2D eigenvalue weighted by molar-refractivity contribution is 1.36. The van der Waals surface area contributed by atoms with Gasteiger partial charge in [-0.3, -0.25) is 9.97 Å². The van der Waals surface area contributed by atoms with Crippen molar-refractivity contribution in [2.24, 2.45) is 0 Å². The van der Waals surface area contributed by atoms with E-state index >= 15 is 0 Å². The number of hydrogen-bond donors (Lipinski definition) is 0. The molecule has 6 aromatic rings. The van der Waals surface area contributed by atoms with E-state index in [1.807, 2.05) is 23.6 Å². The molecular weight excluding hydrogens is 605 g/mol. The predicted molar refractivity (Wildman–Crippen MR) is 172 cm³/mol. The zero-order chi connectivity index (χ0) is 36.7. The van der Waals surface area contributed by atoms with Crippen LogP contribution >= 0.6 is 11.3 Å². The van der Waals surface area contributed by atoms with E-state index in [4.69, 9.17) is 18.6 Å². The SMILES string of the molecule is [2H]c1c(C#N)c([2H])c([N+]#[C-])c(/C(C#N)=c2\cnc3c(c2)c2c/c(=C(\C#N)c4c(C#N)c([2H])c(C#N)c([2H])c4[N+]#[C-])cnc2c2sccc32)c1C#N. The first-order valence-electron chi connectivity index (χ1n) is 15.0. The van der Waals surface area contributed by atoms with Crippen molar-refractivity contribution in [3.63, 3.8) is 0 Å². The highest BCUT2D eigenvalue weighted by Crippen LogP contribution is 2.36. The molecule has 47 heavy (non-hydrogen) atoms. The Morgan fingerprint density at radius 2 is 1.17 bits per heavy atom. The van der Waals surface area contributed by atoms with E-state index in [0.29, 0.717) is 27.2 Å². The molecule has 11 heteroatoms. The Morgan fingerprint density at radius 1 is 0.681 bits per heavy atom. The molecule has 0 atom stereocenters. The van der Waals surface area contributed by atoms with Crippen molar-refractivity contribution >= 4 is 65.7 Å². The number of nitrogens with zero attached hydrogens (tertiary/aromatic N) is 10. The highest BCUT2D eigenvalue weighted by molar-refractivity contribution is 7.18. The van der Waals surface area contributed by atoms with Gasteiger partial charge in [-0.15, -0.1) is 11.3 Å². The molecule has 0 saturated carbocycles. The highest BCUT2D eigenvalue weighted by atomic mass is 32.1. The van der Waals surface area contributed by atoms with Crippen molar-refractivity contribution in [1.82, 2.24) is 9.97 Å². The van der Waals surface area contributed by atoms with Gasteiger partial charge in [-0.2, -0.15) is 31.6 Å². The minimum absolute atomic E-state index is 0.104. The largest absolute Gasteiger partial charge is 0.255 e. The summed E-state index contributed by atoms with van der Waals surface area (Å²) in [5.41, 5.74) is -2.94. The zero-order valence-corrected chi connectivity index (χ0v) is 24.2. The van der Waals surface area contributed by atoms with E-state index in [9.17, 15) is 31.6 Å². The van der Waals surface area contributed by atoms with Crippen molar-refractivity contribution in [2.45, 2.75) is 0 Å². The number of aromatic nitrogens is 2. The second-order valence-electron chi connectivity index (χ2n) is 9.50. The topological polar surface area (TPSA) is 177 Å². The average Bonchev–Trinajstić information content (AvgIpc) is 3.64. The van der Waals surface area contributed by atoms with E-state index in [-0.39, 0.29) is 32.7 Å². The normalized spacial score (nSPS) is 12.7. The van der Waals surface area contributed by atoms with Crippen LogP contribution in [0.4, 0.5) is 11.4 Å². The molecule has 0 N–H and O–H groups in total. The quantitative estimate of drug-likeness (QED) is 0.167. The van der Waals surface area contributed by atoms with Gasteiger partial charge in [0.25, 0.3) is 0 Å². The van der Waals surface area contributed by atoms with Crippen molar-refractivity contribution in [2.75, 3.05) is 0 Å². The van der Waals surface area contributed by atoms with E-state index in [2.05, 4.69) is 19.7 Å². The molecule has 0 radical (unpaired) electrons. The Hall–Kier alpha value is -7.90. The van der Waals surface area contributed by atoms with Crippen molar-refractivity contribution < 1.29 is 5.48 Å². The fraction of sp³-hybridized carbons (Fsp3) is 0. The highest BCUT2D eigenvalue weighted by Gasteiger charge is 2.20. The molecule has 6 rings (SSSR count). The molecule has 0 unspecified atom stereocenters. The summed E-state index contributed by atoms with van der Waals surface area (Å²) in [4.78, 5) is 16.0. The fourth-order valence-corrected chi connectivity index (χ4v) is 6.09. The van der Waals surface area contributed by atoms with Crippen LogP contribution in [0.15, 0.2) is 60.1 Å². The molecule has 0 bridgehead atoms.